The van der Waals surface area contributed by atoms with Crippen LogP contribution >= 0.6 is 22.7 Å². The molecule has 0 fully saturated rings. The van der Waals surface area contributed by atoms with Crippen LogP contribution in [0.25, 0.3) is 26.4 Å². The van der Waals surface area contributed by atoms with Crippen LogP contribution < -0.4 is 10.1 Å². The van der Waals surface area contributed by atoms with E-state index in [1.165, 1.54) is 10.3 Å². The summed E-state index contributed by atoms with van der Waals surface area (Å²) in [6.07, 6.45) is 1.02. The van der Waals surface area contributed by atoms with Gasteiger partial charge in [0.1, 0.15) is 5.75 Å². The fraction of sp³-hybridized carbons (Fsp3) is 0.150. The summed E-state index contributed by atoms with van der Waals surface area (Å²) in [7, 11) is 1.67. The molecule has 8 heteroatoms. The maximum atomic E-state index is 5.33. The van der Waals surface area contributed by atoms with Gasteiger partial charge >= 0.3 is 0 Å². The third kappa shape index (κ3) is 3.00. The highest BCUT2D eigenvalue weighted by Crippen LogP contribution is 2.31. The molecule has 0 saturated heterocycles. The van der Waals surface area contributed by atoms with Gasteiger partial charge in [0.2, 0.25) is 10.9 Å². The van der Waals surface area contributed by atoms with Crippen molar-refractivity contribution >= 4 is 48.9 Å². The van der Waals surface area contributed by atoms with E-state index >= 15 is 0 Å². The Labute approximate surface area is 169 Å². The van der Waals surface area contributed by atoms with E-state index in [1.54, 1.807) is 29.8 Å². The van der Waals surface area contributed by atoms with Crippen molar-refractivity contribution in [1.29, 1.82) is 0 Å². The van der Waals surface area contributed by atoms with Crippen LogP contribution in [0.15, 0.2) is 47.8 Å². The molecule has 6 nitrogen and oxygen atoms in total. The Kier molecular flexibility index (Phi) is 4.22. The van der Waals surface area contributed by atoms with E-state index in [-0.39, 0.29) is 0 Å². The number of benzene rings is 2. The number of aromatic nitrogens is 4. The number of hydrogen-bond acceptors (Lipinski definition) is 7. The van der Waals surface area contributed by atoms with Gasteiger partial charge in [-0.25, -0.2) is 9.50 Å². The van der Waals surface area contributed by atoms with Crippen LogP contribution in [-0.2, 0) is 6.42 Å². The van der Waals surface area contributed by atoms with Gasteiger partial charge in [-0.05, 0) is 36.2 Å². The fourth-order valence-corrected chi connectivity index (χ4v) is 4.81. The van der Waals surface area contributed by atoms with Gasteiger partial charge in [0.05, 0.1) is 23.0 Å². The molecule has 0 aliphatic rings. The summed E-state index contributed by atoms with van der Waals surface area (Å²) < 4.78 is 8.35. The predicted octanol–water partition coefficient (Wildman–Crippen LogP) is 5.38. The topological polar surface area (TPSA) is 64.3 Å². The van der Waals surface area contributed by atoms with Gasteiger partial charge in [-0.1, -0.05) is 36.5 Å². The third-order valence-corrected chi connectivity index (χ3v) is 6.28. The lowest BCUT2D eigenvalue weighted by molar-refractivity contribution is 0.415. The molecular formula is C20H17N5OS2. The standard InChI is InChI=1S/C20H17N5OS2/c1-3-12-7-8-15-17(9-12)28-19(21-15)22-18-23-20-25(24-18)16(11-27-20)13-5-4-6-14(10-13)26-2/h4-11H,3H2,1-2H3,(H,21,22,24). The lowest BCUT2D eigenvalue weighted by atomic mass is 10.2. The van der Waals surface area contributed by atoms with Crippen molar-refractivity contribution in [3.05, 3.63) is 53.4 Å². The van der Waals surface area contributed by atoms with E-state index in [2.05, 4.69) is 50.9 Å². The summed E-state index contributed by atoms with van der Waals surface area (Å²) in [5.74, 6) is 1.36. The molecule has 0 aliphatic heterocycles. The Bertz CT molecular complexity index is 1290. The van der Waals surface area contributed by atoms with Crippen molar-refractivity contribution in [2.75, 3.05) is 12.4 Å². The predicted molar refractivity (Wildman–Crippen MR) is 115 cm³/mol. The largest absolute Gasteiger partial charge is 0.497 e. The highest BCUT2D eigenvalue weighted by molar-refractivity contribution is 7.22. The Morgan fingerprint density at radius 1 is 1.14 bits per heavy atom. The van der Waals surface area contributed by atoms with Crippen molar-refractivity contribution in [2.45, 2.75) is 13.3 Å². The summed E-state index contributed by atoms with van der Waals surface area (Å²) >= 11 is 3.17. The summed E-state index contributed by atoms with van der Waals surface area (Å²) in [6, 6.07) is 14.3. The Hall–Kier alpha value is -2.97. The highest BCUT2D eigenvalue weighted by Gasteiger charge is 2.13. The lowest BCUT2D eigenvalue weighted by Crippen LogP contribution is -1.94. The first-order valence-electron chi connectivity index (χ1n) is 8.88. The molecule has 0 saturated carbocycles. The zero-order valence-corrected chi connectivity index (χ0v) is 17.0. The molecule has 28 heavy (non-hydrogen) atoms. The molecule has 1 N–H and O–H groups in total. The van der Waals surface area contributed by atoms with Crippen molar-refractivity contribution in [1.82, 2.24) is 19.6 Å². The zero-order valence-electron chi connectivity index (χ0n) is 15.3. The molecule has 0 radical (unpaired) electrons. The van der Waals surface area contributed by atoms with E-state index in [9.17, 15) is 0 Å². The van der Waals surface area contributed by atoms with Crippen LogP contribution in [0.3, 0.4) is 0 Å². The molecular weight excluding hydrogens is 390 g/mol. The molecule has 0 amide bonds. The van der Waals surface area contributed by atoms with Crippen LogP contribution in [0.1, 0.15) is 12.5 Å². The molecule has 5 aromatic rings. The normalized spacial score (nSPS) is 11.4. The smallest absolute Gasteiger partial charge is 0.250 e. The number of aryl methyl sites for hydroxylation is 1. The van der Waals surface area contributed by atoms with Crippen LogP contribution in [0, 0.1) is 0 Å². The van der Waals surface area contributed by atoms with E-state index < -0.39 is 0 Å². The number of nitrogens with one attached hydrogen (secondary N) is 1. The van der Waals surface area contributed by atoms with Crippen molar-refractivity contribution in [2.24, 2.45) is 0 Å². The number of methoxy groups -OCH3 is 1. The number of hydrogen-bond donors (Lipinski definition) is 1. The molecule has 0 atom stereocenters. The minimum absolute atomic E-state index is 0.547. The second kappa shape index (κ2) is 6.88. The number of ether oxygens (including phenoxy) is 1. The van der Waals surface area contributed by atoms with Gasteiger partial charge in [-0.2, -0.15) is 4.98 Å². The molecule has 0 unspecified atom stereocenters. The van der Waals surface area contributed by atoms with Crippen LogP contribution in [0.5, 0.6) is 5.75 Å². The quantitative estimate of drug-likeness (QED) is 0.424. The van der Waals surface area contributed by atoms with Crippen LogP contribution in [0.4, 0.5) is 11.1 Å². The summed E-state index contributed by atoms with van der Waals surface area (Å²) in [4.78, 5) is 10.1. The maximum Gasteiger partial charge on any atom is 0.250 e. The first kappa shape index (κ1) is 17.2. The lowest BCUT2D eigenvalue weighted by Gasteiger charge is -2.02. The van der Waals surface area contributed by atoms with Crippen molar-refractivity contribution in [3.63, 3.8) is 0 Å². The summed E-state index contributed by atoms with van der Waals surface area (Å²) in [5.41, 5.74) is 4.32. The molecule has 0 spiro atoms. The van der Waals surface area contributed by atoms with E-state index in [0.29, 0.717) is 5.95 Å². The minimum atomic E-state index is 0.547. The van der Waals surface area contributed by atoms with Gasteiger partial charge in [-0.3, -0.25) is 5.32 Å². The monoisotopic (exact) mass is 407 g/mol. The van der Waals surface area contributed by atoms with E-state index in [1.807, 2.05) is 28.8 Å². The average molecular weight is 408 g/mol. The first-order valence-corrected chi connectivity index (χ1v) is 10.6. The first-order chi connectivity index (χ1) is 13.7. The molecule has 3 heterocycles. The number of nitrogens with zero attached hydrogens (tertiary/aromatic N) is 4. The van der Waals surface area contributed by atoms with Crippen LogP contribution in [0.2, 0.25) is 0 Å². The maximum absolute atomic E-state index is 5.33. The Morgan fingerprint density at radius 2 is 2.07 bits per heavy atom. The number of thiazole rings is 2. The number of fused-ring (bicyclic) bond motifs is 2. The SMILES string of the molecule is CCc1ccc2nc(Nc3nc4scc(-c5cccc(OC)c5)n4n3)sc2c1. The van der Waals surface area contributed by atoms with Gasteiger partial charge in [0, 0.05) is 10.9 Å². The fourth-order valence-electron chi connectivity index (χ4n) is 3.05. The van der Waals surface area contributed by atoms with E-state index in [0.717, 1.165) is 39.0 Å². The van der Waals surface area contributed by atoms with Gasteiger partial charge in [0.25, 0.3) is 0 Å². The average Bonchev–Trinajstić information content (AvgIpc) is 3.41. The van der Waals surface area contributed by atoms with Gasteiger partial charge in [-0.15, -0.1) is 16.4 Å². The molecule has 3 aromatic heterocycles. The molecule has 0 aliphatic carbocycles. The number of rotatable bonds is 5. The molecule has 140 valence electrons. The summed E-state index contributed by atoms with van der Waals surface area (Å²) in [6.45, 7) is 2.16. The molecule has 0 bridgehead atoms. The Balaban J connectivity index is 1.48. The number of anilines is 2. The Morgan fingerprint density at radius 3 is 2.93 bits per heavy atom. The van der Waals surface area contributed by atoms with Crippen molar-refractivity contribution < 1.29 is 4.74 Å². The zero-order chi connectivity index (χ0) is 19.1. The second-order valence-electron chi connectivity index (χ2n) is 6.28. The van der Waals surface area contributed by atoms with Gasteiger partial charge < -0.3 is 4.74 Å². The van der Waals surface area contributed by atoms with Gasteiger partial charge in [0.15, 0.2) is 5.13 Å². The third-order valence-electron chi connectivity index (χ3n) is 4.53. The molecule has 2 aromatic carbocycles. The minimum Gasteiger partial charge on any atom is -0.497 e. The highest BCUT2D eigenvalue weighted by atomic mass is 32.1. The van der Waals surface area contributed by atoms with E-state index in [4.69, 9.17) is 4.74 Å². The van der Waals surface area contributed by atoms with Crippen LogP contribution in [-0.4, -0.2) is 26.7 Å². The summed E-state index contributed by atoms with van der Waals surface area (Å²) in [5, 5.41) is 10.7. The second-order valence-corrected chi connectivity index (χ2v) is 8.15. The van der Waals surface area contributed by atoms with Crippen molar-refractivity contribution in [3.8, 4) is 17.0 Å². The molecule has 5 rings (SSSR count).